The third-order valence-corrected chi connectivity index (χ3v) is 26.4. The zero-order valence-corrected chi connectivity index (χ0v) is 74.0. The molecule has 22 N–H and O–H groups in total. The Morgan fingerprint density at radius 1 is 0.632 bits per heavy atom. The van der Waals surface area contributed by atoms with Crippen molar-refractivity contribution in [2.75, 3.05) is 40.0 Å². The first-order valence-corrected chi connectivity index (χ1v) is 44.2. The van der Waals surface area contributed by atoms with Gasteiger partial charge in [-0.25, -0.2) is 0 Å². The van der Waals surface area contributed by atoms with Gasteiger partial charge in [0.05, 0.1) is 48.4 Å². The summed E-state index contributed by atoms with van der Waals surface area (Å²) in [5.74, 6) is -22.4. The van der Waals surface area contributed by atoms with Crippen molar-refractivity contribution in [2.24, 2.45) is 64.0 Å². The van der Waals surface area contributed by atoms with E-state index in [4.69, 9.17) is 43.9 Å². The highest BCUT2D eigenvalue weighted by atomic mass is 33.1. The number of benzene rings is 4. The minimum atomic E-state index is -1.89. The van der Waals surface area contributed by atoms with Crippen LogP contribution in [0.2, 0.25) is 0 Å². The monoisotopic (exact) mass is 1770 g/mol. The molecule has 12 unspecified atom stereocenters. The highest BCUT2D eigenvalue weighted by molar-refractivity contribution is 8.77. The molecule has 5 aromatic rings. The smallest absolute Gasteiger partial charge is 0.245 e. The SMILES string of the molecule is CC.CNCCCCC(CC(=O)C1(NC(=O)C(CC(=O)C(Cc2ccc(OCCN)cc2)NC(=O)C2CC(=O)C(CCC(N)=O)NC(=O)C(Cc3c[nH]c4ccccc34)NC(=O)C(C(C)O)NC(=O)C(CC(N)=O)CC(=O)C(NC(C)=O)C(C)(C)SSC2(C)C)Cc2ccc3ccccc3c2)CCOCC1)C(=O)NC(CC(N)=O)C(=O)CC(CC(N)=O)C(N)=O. The summed E-state index contributed by atoms with van der Waals surface area (Å²) in [7, 11) is 3.67. The number of nitrogens with one attached hydrogen (secondary N) is 9. The van der Waals surface area contributed by atoms with Crippen LogP contribution in [0.3, 0.4) is 0 Å². The van der Waals surface area contributed by atoms with Gasteiger partial charge in [0, 0.05) is 136 Å². The molecule has 0 aliphatic carbocycles. The van der Waals surface area contributed by atoms with E-state index in [1.165, 1.54) is 0 Å². The molecule has 2 fully saturated rings. The lowest BCUT2D eigenvalue weighted by Crippen LogP contribution is -2.60. The number of para-hydroxylation sites is 1. The number of aliphatic hydroxyl groups excluding tert-OH is 1. The second-order valence-electron chi connectivity index (χ2n) is 32.8. The number of ether oxygens (including phenoxy) is 2. The molecule has 4 aromatic carbocycles. The lowest BCUT2D eigenvalue weighted by Gasteiger charge is -2.39. The summed E-state index contributed by atoms with van der Waals surface area (Å²) in [6.45, 7) is 13.3. The number of carbonyl (C=O) groups excluding carboxylic acids is 17. The normalized spacial score (nSPS) is 20.3. The zero-order chi connectivity index (χ0) is 92.6. The number of nitrogens with two attached hydrogens (primary N) is 6. The minimum absolute atomic E-state index is 0.0388. The number of aliphatic hydroxyl groups is 1. The van der Waals surface area contributed by atoms with Crippen molar-refractivity contribution in [1.82, 2.24) is 47.5 Å². The number of amides is 12. The van der Waals surface area contributed by atoms with Gasteiger partial charge in [-0.2, -0.15) is 0 Å². The summed E-state index contributed by atoms with van der Waals surface area (Å²) in [5, 5.41) is 35.4. The maximum absolute atomic E-state index is 16.3. The Bertz CT molecular complexity index is 4670. The molecule has 12 amide bonds. The van der Waals surface area contributed by atoms with Gasteiger partial charge in [-0.3, -0.25) is 81.5 Å². The van der Waals surface area contributed by atoms with Crippen LogP contribution in [0.15, 0.2) is 97.2 Å². The Morgan fingerprint density at radius 2 is 1.26 bits per heavy atom. The first kappa shape index (κ1) is 103. The number of ketones is 5. The number of hydrogen-bond donors (Lipinski definition) is 16. The predicted molar refractivity (Wildman–Crippen MR) is 471 cm³/mol. The molecule has 0 bridgehead atoms. The van der Waals surface area contributed by atoms with E-state index < -0.39 is 251 Å². The molecule has 37 heteroatoms. The number of rotatable bonds is 41. The third-order valence-electron chi connectivity index (χ3n) is 22.1. The van der Waals surface area contributed by atoms with Gasteiger partial charge in [0.2, 0.25) is 70.9 Å². The number of unbranched alkanes of at least 4 members (excludes halogenated alkanes) is 1. The molecule has 682 valence electrons. The van der Waals surface area contributed by atoms with Crippen LogP contribution < -0.4 is 81.7 Å². The van der Waals surface area contributed by atoms with E-state index in [1.807, 2.05) is 50.2 Å². The van der Waals surface area contributed by atoms with Gasteiger partial charge >= 0.3 is 0 Å². The molecular weight excluding hydrogens is 1650 g/mol. The fraction of sp³-hybridized carbons (Fsp3) is 0.534. The Labute approximate surface area is 734 Å². The Hall–Kier alpha value is -11.0. The molecule has 7 rings (SSSR count). The Kier molecular flexibility index (Phi) is 40.3. The van der Waals surface area contributed by atoms with Gasteiger partial charge in [0.25, 0.3) is 0 Å². The van der Waals surface area contributed by atoms with E-state index in [0.717, 1.165) is 46.2 Å². The molecule has 2 saturated heterocycles. The number of aromatic nitrogens is 1. The molecule has 12 atom stereocenters. The summed E-state index contributed by atoms with van der Waals surface area (Å²) in [4.78, 5) is 246. The van der Waals surface area contributed by atoms with Crippen LogP contribution in [0.1, 0.15) is 168 Å². The number of aromatic amines is 1. The van der Waals surface area contributed by atoms with Gasteiger partial charge in [0.1, 0.15) is 36.0 Å². The standard InChI is InChI=1S/C86H117N15O20S2.C2H6/c1-47(102)75-83(119)99-65(37-57-46-94-61-18-11-10-17-59(57)61)82(118)96-62(25-26-71(88)109)68(106)44-60(84(3,4)122-123-85(5,6)76(95-48(2)103)69(107)40-56(43-73(90)111)79(115)100-75)81(117)98-63(36-49-20-23-58(24-21-49)121-33-29-87)67(105)39-55(35-50-19-22-51-14-8-9-15-52(51)34-50)80(116)101-86(27-31-120-32-28-86)70(108)41-53(16-12-13-30-93-7)78(114)97-64(45-74(91)112)66(104)38-54(77(92)113)42-72(89)110;1-2/h8-11,14-15,17-24,34,46-47,53-56,60,62-65,75-76,93-94,102H,12-13,16,25-33,35-45,87H2,1-7H3,(H2,88,109)(H2,89,110)(H2,90,111)(H2,91,112)(H2,92,113)(H,95,103)(H,96,118)(H,97,114)(H,98,117)(H,99,119)(H,100,115)(H,101,116);1-2H3. The Morgan fingerprint density at radius 3 is 1.88 bits per heavy atom. The largest absolute Gasteiger partial charge is 0.492 e. The number of primary amides is 5. The van der Waals surface area contributed by atoms with Crippen LogP contribution in [0.4, 0.5) is 0 Å². The molecule has 35 nitrogen and oxygen atoms in total. The maximum Gasteiger partial charge on any atom is 0.245 e. The molecule has 2 aliphatic heterocycles. The van der Waals surface area contributed by atoms with E-state index >= 15 is 28.8 Å². The second-order valence-corrected chi connectivity index (χ2v) is 36.2. The predicted octanol–water partition coefficient (Wildman–Crippen LogP) is 2.28. The van der Waals surface area contributed by atoms with Crippen molar-refractivity contribution >= 4 is 143 Å². The van der Waals surface area contributed by atoms with Crippen LogP contribution >= 0.6 is 21.6 Å². The fourth-order valence-electron chi connectivity index (χ4n) is 15.1. The van der Waals surface area contributed by atoms with Gasteiger partial charge < -0.3 is 96.5 Å². The average molecular weight is 1780 g/mol. The van der Waals surface area contributed by atoms with Gasteiger partial charge in [-0.1, -0.05) is 115 Å². The molecule has 3 heterocycles. The van der Waals surface area contributed by atoms with Crippen molar-refractivity contribution in [3.63, 3.8) is 0 Å². The Balaban J connectivity index is 0.0000120. The molecule has 125 heavy (non-hydrogen) atoms. The number of fused-ring (bicyclic) bond motifs is 2. The van der Waals surface area contributed by atoms with Crippen molar-refractivity contribution in [3.05, 3.63) is 114 Å². The summed E-state index contributed by atoms with van der Waals surface area (Å²) < 4.78 is 8.59. The van der Waals surface area contributed by atoms with E-state index in [1.54, 1.807) is 95.5 Å². The maximum atomic E-state index is 16.3. The van der Waals surface area contributed by atoms with Crippen molar-refractivity contribution in [1.29, 1.82) is 0 Å². The van der Waals surface area contributed by atoms with Gasteiger partial charge in [-0.15, -0.1) is 0 Å². The molecular formula is C88H123N15O20S2. The van der Waals surface area contributed by atoms with Gasteiger partial charge in [0.15, 0.2) is 28.9 Å². The molecule has 1 aromatic heterocycles. The molecule has 0 saturated carbocycles. The highest BCUT2D eigenvalue weighted by Gasteiger charge is 2.48. The molecule has 0 spiro atoms. The zero-order valence-electron chi connectivity index (χ0n) is 72.4. The average Bonchev–Trinajstić information content (AvgIpc) is 1.57. The number of Topliss-reactive ketones (excluding diaryl/α,β-unsaturated/α-hetero) is 5. The van der Waals surface area contributed by atoms with Crippen LogP contribution in [0.5, 0.6) is 5.75 Å². The first-order chi connectivity index (χ1) is 59.1. The van der Waals surface area contributed by atoms with E-state index in [0.29, 0.717) is 52.7 Å². The van der Waals surface area contributed by atoms with Crippen LogP contribution in [0.25, 0.3) is 21.7 Å². The van der Waals surface area contributed by atoms with E-state index in [9.17, 15) is 57.8 Å². The molecule has 0 radical (unpaired) electrons. The summed E-state index contributed by atoms with van der Waals surface area (Å²) in [6.07, 6.45) is -6.92. The summed E-state index contributed by atoms with van der Waals surface area (Å²) in [6, 6.07) is 16.3. The highest BCUT2D eigenvalue weighted by Crippen LogP contribution is 2.50. The molecule has 2 aliphatic rings. The van der Waals surface area contributed by atoms with Crippen LogP contribution in [0, 0.1) is 29.6 Å². The second kappa shape index (κ2) is 49.1. The van der Waals surface area contributed by atoms with E-state index in [-0.39, 0.29) is 64.9 Å². The quantitative estimate of drug-likeness (QED) is 0.0197. The lowest BCUT2D eigenvalue weighted by molar-refractivity contribution is -0.141. The van der Waals surface area contributed by atoms with Crippen molar-refractivity contribution in [2.45, 2.75) is 228 Å². The van der Waals surface area contributed by atoms with E-state index in [2.05, 4.69) is 47.5 Å². The lowest BCUT2D eigenvalue weighted by atomic mass is 9.79. The summed E-state index contributed by atoms with van der Waals surface area (Å²) >= 11 is 0. The van der Waals surface area contributed by atoms with Gasteiger partial charge in [-0.05, 0) is 126 Å². The number of hydrogen-bond acceptors (Lipinski definition) is 24. The number of carbonyl (C=O) groups is 17. The first-order valence-electron chi connectivity index (χ1n) is 42.0. The fourth-order valence-corrected chi connectivity index (χ4v) is 18.1. The minimum Gasteiger partial charge on any atom is -0.492 e. The van der Waals surface area contributed by atoms with Crippen molar-refractivity contribution < 1.29 is 96.1 Å². The third kappa shape index (κ3) is 31.6. The summed E-state index contributed by atoms with van der Waals surface area (Å²) in [5.41, 5.74) is 34.0. The number of H-pyrrole nitrogens is 1. The van der Waals surface area contributed by atoms with Crippen LogP contribution in [-0.4, -0.2) is 207 Å². The van der Waals surface area contributed by atoms with Crippen molar-refractivity contribution in [3.8, 4) is 5.75 Å². The van der Waals surface area contributed by atoms with Crippen LogP contribution in [-0.2, 0) is 106 Å². The topological polar surface area (TPSA) is 597 Å².